The number of carbonyl (C=O) groups is 1. The van der Waals surface area contributed by atoms with Gasteiger partial charge in [-0.15, -0.1) is 5.10 Å². The lowest BCUT2D eigenvalue weighted by atomic mass is 9.95. The summed E-state index contributed by atoms with van der Waals surface area (Å²) in [5, 5.41) is 8.59. The third-order valence-electron chi connectivity index (χ3n) is 4.70. The monoisotopic (exact) mass is 430 g/mol. The van der Waals surface area contributed by atoms with E-state index in [1.807, 2.05) is 31.2 Å². The summed E-state index contributed by atoms with van der Waals surface area (Å²) in [7, 11) is 0. The summed E-state index contributed by atoms with van der Waals surface area (Å²) in [6.45, 7) is 9.12. The van der Waals surface area contributed by atoms with Crippen molar-refractivity contribution in [3.63, 3.8) is 0 Å². The summed E-state index contributed by atoms with van der Waals surface area (Å²) in [6.07, 6.45) is 2.73. The molecule has 2 heterocycles. The van der Waals surface area contributed by atoms with Crippen molar-refractivity contribution in [2.24, 2.45) is 0 Å². The maximum Gasteiger partial charge on any atom is 0.338 e. The van der Waals surface area contributed by atoms with Gasteiger partial charge in [-0.25, -0.2) is 9.48 Å². The number of rotatable bonds is 10. The molecule has 1 aromatic heterocycles. The Morgan fingerprint density at radius 1 is 1.23 bits per heavy atom. The van der Waals surface area contributed by atoms with Crippen LogP contribution in [0.5, 0.6) is 5.75 Å². The Labute approximate surface area is 182 Å². The van der Waals surface area contributed by atoms with Gasteiger partial charge >= 0.3 is 5.97 Å². The second-order valence-electron chi connectivity index (χ2n) is 7.07. The second-order valence-corrected chi connectivity index (χ2v) is 8.30. The molecule has 8 heteroatoms. The molecule has 3 rings (SSSR count). The van der Waals surface area contributed by atoms with Crippen molar-refractivity contribution in [1.82, 2.24) is 14.8 Å². The van der Waals surface area contributed by atoms with E-state index in [1.54, 1.807) is 16.4 Å². The molecule has 1 aromatic carbocycles. The number of esters is 1. The first-order chi connectivity index (χ1) is 14.6. The zero-order chi connectivity index (χ0) is 21.5. The highest BCUT2D eigenvalue weighted by molar-refractivity contribution is 7.99. The molecule has 2 aromatic rings. The van der Waals surface area contributed by atoms with Crippen molar-refractivity contribution in [3.05, 3.63) is 41.1 Å². The molecule has 0 bridgehead atoms. The normalized spacial score (nSPS) is 15.5. The van der Waals surface area contributed by atoms with Crippen LogP contribution < -0.4 is 10.1 Å². The van der Waals surface area contributed by atoms with Crippen LogP contribution in [0, 0.1) is 0 Å². The van der Waals surface area contributed by atoms with Gasteiger partial charge in [0.2, 0.25) is 11.1 Å². The van der Waals surface area contributed by atoms with E-state index >= 15 is 0 Å². The molecule has 1 atom stereocenters. The summed E-state index contributed by atoms with van der Waals surface area (Å²) >= 11 is 1.57. The predicted octanol–water partition coefficient (Wildman–Crippen LogP) is 4.81. The molecule has 1 N–H and O–H groups in total. The zero-order valence-corrected chi connectivity index (χ0v) is 18.9. The zero-order valence-electron chi connectivity index (χ0n) is 18.1. The third-order valence-corrected chi connectivity index (χ3v) is 5.42. The molecule has 1 unspecified atom stereocenters. The molecule has 0 amide bonds. The number of ether oxygens (including phenoxy) is 2. The van der Waals surface area contributed by atoms with E-state index in [1.165, 1.54) is 0 Å². The number of thioether (sulfide) groups is 1. The fraction of sp³-hybridized carbons (Fsp3) is 0.500. The summed E-state index contributed by atoms with van der Waals surface area (Å²) in [4.78, 5) is 17.6. The molecule has 0 saturated carbocycles. The van der Waals surface area contributed by atoms with Crippen molar-refractivity contribution in [2.45, 2.75) is 58.2 Å². The minimum Gasteiger partial charge on any atom is -0.494 e. The molecule has 0 spiro atoms. The molecule has 1 aliphatic heterocycles. The van der Waals surface area contributed by atoms with Crippen LogP contribution in [-0.4, -0.2) is 39.7 Å². The summed E-state index contributed by atoms with van der Waals surface area (Å²) < 4.78 is 13.2. The highest BCUT2D eigenvalue weighted by atomic mass is 32.2. The topological polar surface area (TPSA) is 78.3 Å². The van der Waals surface area contributed by atoms with Crippen LogP contribution in [0.25, 0.3) is 0 Å². The van der Waals surface area contributed by atoms with Gasteiger partial charge in [0.25, 0.3) is 0 Å². The van der Waals surface area contributed by atoms with Crippen LogP contribution >= 0.6 is 11.8 Å². The summed E-state index contributed by atoms with van der Waals surface area (Å²) in [5.74, 6) is 1.93. The molecule has 1 aliphatic rings. The number of unbranched alkanes of at least 4 members (excludes halogenated alkanes) is 1. The number of hydrogen-bond acceptors (Lipinski definition) is 7. The minimum absolute atomic E-state index is 0.329. The molecule has 0 radical (unpaired) electrons. The number of nitrogens with one attached hydrogen (secondary N) is 1. The van der Waals surface area contributed by atoms with Crippen LogP contribution in [0.2, 0.25) is 0 Å². The lowest BCUT2D eigenvalue weighted by molar-refractivity contribution is -0.139. The van der Waals surface area contributed by atoms with Gasteiger partial charge in [-0.1, -0.05) is 51.1 Å². The Balaban J connectivity index is 2.02. The van der Waals surface area contributed by atoms with Crippen LogP contribution in [0.15, 0.2) is 40.7 Å². The molecule has 0 aliphatic carbocycles. The van der Waals surface area contributed by atoms with Crippen molar-refractivity contribution < 1.29 is 14.3 Å². The quantitative estimate of drug-likeness (QED) is 0.329. The lowest BCUT2D eigenvalue weighted by Gasteiger charge is -2.28. The molecule has 0 fully saturated rings. The Hall–Kier alpha value is -2.48. The van der Waals surface area contributed by atoms with Crippen molar-refractivity contribution in [1.29, 1.82) is 0 Å². The Morgan fingerprint density at radius 3 is 2.80 bits per heavy atom. The van der Waals surface area contributed by atoms with Gasteiger partial charge in [-0.2, -0.15) is 4.98 Å². The third kappa shape index (κ3) is 4.98. The van der Waals surface area contributed by atoms with Crippen molar-refractivity contribution in [2.75, 3.05) is 24.3 Å². The van der Waals surface area contributed by atoms with E-state index in [2.05, 4.69) is 36.2 Å². The highest BCUT2D eigenvalue weighted by Crippen LogP contribution is 2.37. The fourth-order valence-electron chi connectivity index (χ4n) is 3.28. The molecule has 162 valence electrons. The Kier molecular flexibility index (Phi) is 7.79. The number of anilines is 1. The Morgan fingerprint density at radius 2 is 2.07 bits per heavy atom. The van der Waals surface area contributed by atoms with E-state index in [9.17, 15) is 4.79 Å². The number of fused-ring (bicyclic) bond motifs is 1. The van der Waals surface area contributed by atoms with Crippen LogP contribution in [0.4, 0.5) is 5.95 Å². The van der Waals surface area contributed by atoms with Gasteiger partial charge in [0, 0.05) is 5.70 Å². The lowest BCUT2D eigenvalue weighted by Crippen LogP contribution is -2.29. The van der Waals surface area contributed by atoms with Gasteiger partial charge in [-0.3, -0.25) is 0 Å². The average molecular weight is 431 g/mol. The van der Waals surface area contributed by atoms with E-state index in [4.69, 9.17) is 9.47 Å². The molecule has 0 saturated heterocycles. The molecular formula is C22H30N4O3S. The van der Waals surface area contributed by atoms with Crippen LogP contribution in [-0.2, 0) is 9.53 Å². The number of allylic oxidation sites excluding steroid dienone is 1. The van der Waals surface area contributed by atoms with Gasteiger partial charge in [-0.05, 0) is 43.2 Å². The second kappa shape index (κ2) is 10.5. The van der Waals surface area contributed by atoms with Crippen molar-refractivity contribution >= 4 is 23.7 Å². The first-order valence-electron chi connectivity index (χ1n) is 10.6. The largest absolute Gasteiger partial charge is 0.494 e. The molecular weight excluding hydrogens is 400 g/mol. The van der Waals surface area contributed by atoms with Gasteiger partial charge in [0.1, 0.15) is 11.8 Å². The smallest absolute Gasteiger partial charge is 0.338 e. The maximum absolute atomic E-state index is 13.0. The predicted molar refractivity (Wildman–Crippen MR) is 119 cm³/mol. The van der Waals surface area contributed by atoms with Gasteiger partial charge in [0.15, 0.2) is 0 Å². The number of nitrogens with zero attached hydrogens (tertiary/aromatic N) is 3. The first-order valence-corrected chi connectivity index (χ1v) is 11.5. The first kappa shape index (κ1) is 22.2. The number of benzene rings is 1. The Bertz CT molecular complexity index is 910. The highest BCUT2D eigenvalue weighted by Gasteiger charge is 2.35. The number of aromatic nitrogens is 3. The average Bonchev–Trinajstić information content (AvgIpc) is 3.13. The standard InChI is InChI=1S/C22H30N4O3S/c1-5-8-13-29-20(27)18-15(4)23-21-24-22(30-7-3)25-26(21)19(18)16-10-9-11-17(14-16)28-12-6-2/h9-11,14,19H,5-8,12-13H2,1-4H3,(H,23,24,25). The molecule has 30 heavy (non-hydrogen) atoms. The van der Waals surface area contributed by atoms with Crippen LogP contribution in [0.1, 0.15) is 58.6 Å². The SMILES string of the molecule is CCCCOC(=O)C1=C(C)Nc2nc(SCC)nn2C1c1cccc(OCCC)c1. The van der Waals surface area contributed by atoms with E-state index in [-0.39, 0.29) is 5.97 Å². The number of hydrogen-bond donors (Lipinski definition) is 1. The van der Waals surface area contributed by atoms with E-state index in [0.717, 1.165) is 42.0 Å². The van der Waals surface area contributed by atoms with Gasteiger partial charge in [0.05, 0.1) is 18.8 Å². The fourth-order valence-corrected chi connectivity index (χ4v) is 3.83. The summed E-state index contributed by atoms with van der Waals surface area (Å²) in [6, 6.07) is 7.39. The van der Waals surface area contributed by atoms with Crippen LogP contribution in [0.3, 0.4) is 0 Å². The number of carbonyl (C=O) groups excluding carboxylic acids is 1. The van der Waals surface area contributed by atoms with E-state index < -0.39 is 6.04 Å². The van der Waals surface area contributed by atoms with Crippen molar-refractivity contribution in [3.8, 4) is 5.75 Å². The summed E-state index contributed by atoms with van der Waals surface area (Å²) in [5.41, 5.74) is 2.18. The van der Waals surface area contributed by atoms with Gasteiger partial charge < -0.3 is 14.8 Å². The maximum atomic E-state index is 13.0. The molecule has 7 nitrogen and oxygen atoms in total. The van der Waals surface area contributed by atoms with E-state index in [0.29, 0.717) is 29.9 Å². The minimum atomic E-state index is -0.431.